The summed E-state index contributed by atoms with van der Waals surface area (Å²) in [5.74, 6) is 0.959. The molecule has 0 aromatic heterocycles. The Hall–Kier alpha value is -1.14. The fourth-order valence-corrected chi connectivity index (χ4v) is 2.83. The van der Waals surface area contributed by atoms with Gasteiger partial charge >= 0.3 is 0 Å². The van der Waals surface area contributed by atoms with Crippen LogP contribution in [-0.4, -0.2) is 86.4 Å². The summed E-state index contributed by atoms with van der Waals surface area (Å²) in [6, 6.07) is 0. The van der Waals surface area contributed by atoms with Crippen molar-refractivity contribution in [1.29, 1.82) is 0 Å². The maximum Gasteiger partial charge on any atom is 0.236 e. The number of likely N-dealkylation sites (N-methyl/N-ethyl adjacent to an activating group) is 1. The zero-order chi connectivity index (χ0) is 14.7. The average molecular weight is 282 g/mol. The first-order valence-corrected chi connectivity index (χ1v) is 7.41. The summed E-state index contributed by atoms with van der Waals surface area (Å²) in [7, 11) is 3.55. The van der Waals surface area contributed by atoms with Crippen molar-refractivity contribution < 1.29 is 9.59 Å². The number of nitrogens with zero attached hydrogens (tertiary/aromatic N) is 3. The normalized spacial score (nSPS) is 27.6. The lowest BCUT2D eigenvalue weighted by atomic mass is 9.96. The van der Waals surface area contributed by atoms with E-state index >= 15 is 0 Å². The van der Waals surface area contributed by atoms with Gasteiger partial charge in [-0.05, 0) is 12.5 Å². The lowest BCUT2D eigenvalue weighted by Gasteiger charge is -2.36. The lowest BCUT2D eigenvalue weighted by Crippen LogP contribution is -2.52. The van der Waals surface area contributed by atoms with E-state index in [2.05, 4.69) is 17.1 Å². The van der Waals surface area contributed by atoms with Crippen molar-refractivity contribution in [3.8, 4) is 0 Å². The molecule has 6 heteroatoms. The molecule has 20 heavy (non-hydrogen) atoms. The third-order valence-corrected chi connectivity index (χ3v) is 4.38. The van der Waals surface area contributed by atoms with E-state index in [0.29, 0.717) is 12.5 Å². The van der Waals surface area contributed by atoms with Crippen LogP contribution in [0.5, 0.6) is 0 Å². The van der Waals surface area contributed by atoms with Crippen LogP contribution < -0.4 is 5.32 Å². The van der Waals surface area contributed by atoms with Crippen LogP contribution in [0.3, 0.4) is 0 Å². The Morgan fingerprint density at radius 1 is 1.15 bits per heavy atom. The number of piperazine rings is 1. The van der Waals surface area contributed by atoms with Gasteiger partial charge in [-0.1, -0.05) is 6.92 Å². The first-order chi connectivity index (χ1) is 9.49. The number of hydrogen-bond acceptors (Lipinski definition) is 4. The summed E-state index contributed by atoms with van der Waals surface area (Å²) in [6.07, 6.45) is 0. The van der Waals surface area contributed by atoms with Gasteiger partial charge in [-0.25, -0.2) is 0 Å². The molecule has 0 radical (unpaired) electrons. The van der Waals surface area contributed by atoms with Crippen molar-refractivity contribution in [1.82, 2.24) is 20.0 Å². The molecule has 2 aliphatic heterocycles. The highest BCUT2D eigenvalue weighted by molar-refractivity contribution is 5.80. The van der Waals surface area contributed by atoms with Crippen molar-refractivity contribution in [2.24, 2.45) is 11.8 Å². The van der Waals surface area contributed by atoms with Crippen molar-refractivity contribution in [2.75, 3.05) is 59.9 Å². The minimum Gasteiger partial charge on any atom is -0.348 e. The summed E-state index contributed by atoms with van der Waals surface area (Å²) in [5.41, 5.74) is 0. The summed E-state index contributed by atoms with van der Waals surface area (Å²) < 4.78 is 0. The van der Waals surface area contributed by atoms with E-state index in [1.165, 1.54) is 0 Å². The number of rotatable bonds is 3. The number of amides is 2. The van der Waals surface area contributed by atoms with Gasteiger partial charge in [0.1, 0.15) is 0 Å². The second-order valence-electron chi connectivity index (χ2n) is 6.13. The van der Waals surface area contributed by atoms with Gasteiger partial charge in [0, 0.05) is 46.8 Å². The molecule has 0 spiro atoms. The van der Waals surface area contributed by atoms with Crippen molar-refractivity contribution >= 4 is 11.8 Å². The predicted octanol–water partition coefficient (Wildman–Crippen LogP) is -0.926. The third-order valence-electron chi connectivity index (χ3n) is 4.38. The highest BCUT2D eigenvalue weighted by atomic mass is 16.2. The smallest absolute Gasteiger partial charge is 0.236 e. The molecule has 2 fully saturated rings. The molecule has 1 N–H and O–H groups in total. The zero-order valence-corrected chi connectivity index (χ0v) is 12.8. The van der Waals surface area contributed by atoms with E-state index in [1.807, 2.05) is 4.90 Å². The van der Waals surface area contributed by atoms with E-state index in [9.17, 15) is 9.59 Å². The number of nitrogens with one attached hydrogen (secondary N) is 1. The summed E-state index contributed by atoms with van der Waals surface area (Å²) in [6.45, 7) is 7.39. The number of carbonyl (C=O) groups is 2. The average Bonchev–Trinajstić information content (AvgIpc) is 2.85. The first-order valence-electron chi connectivity index (χ1n) is 7.41. The molecule has 2 rings (SSSR count). The van der Waals surface area contributed by atoms with Gasteiger partial charge in [0.05, 0.1) is 12.5 Å². The fourth-order valence-electron chi connectivity index (χ4n) is 2.83. The highest BCUT2D eigenvalue weighted by Gasteiger charge is 2.34. The van der Waals surface area contributed by atoms with Gasteiger partial charge < -0.3 is 15.1 Å². The van der Waals surface area contributed by atoms with Crippen LogP contribution in [0, 0.1) is 11.8 Å². The SMILES string of the molecule is C[C@@H]1CNC[C@H]1C(=O)N1CCN(CC(=O)N(C)C)CC1. The number of hydrogen-bond donors (Lipinski definition) is 1. The number of carbonyl (C=O) groups excluding carboxylic acids is 2. The molecule has 114 valence electrons. The van der Waals surface area contributed by atoms with Crippen LogP contribution in [0.2, 0.25) is 0 Å². The highest BCUT2D eigenvalue weighted by Crippen LogP contribution is 2.19. The van der Waals surface area contributed by atoms with E-state index in [4.69, 9.17) is 0 Å². The van der Waals surface area contributed by atoms with Gasteiger partial charge in [0.25, 0.3) is 0 Å². The molecule has 2 amide bonds. The topological polar surface area (TPSA) is 55.9 Å². The summed E-state index contributed by atoms with van der Waals surface area (Å²) >= 11 is 0. The fraction of sp³-hybridized carbons (Fsp3) is 0.857. The Balaban J connectivity index is 1.79. The molecule has 0 aliphatic carbocycles. The largest absolute Gasteiger partial charge is 0.348 e. The first kappa shape index (κ1) is 15.3. The van der Waals surface area contributed by atoms with Crippen LogP contribution in [-0.2, 0) is 9.59 Å². The van der Waals surface area contributed by atoms with Crippen molar-refractivity contribution in [3.05, 3.63) is 0 Å². The molecule has 0 bridgehead atoms. The molecule has 0 aromatic carbocycles. The van der Waals surface area contributed by atoms with Crippen LogP contribution in [0.1, 0.15) is 6.92 Å². The standard InChI is InChI=1S/C14H26N4O2/c1-11-8-15-9-12(11)14(20)18-6-4-17(5-7-18)10-13(19)16(2)3/h11-12,15H,4-10H2,1-3H3/t11-,12-/m1/s1. The minimum absolute atomic E-state index is 0.124. The van der Waals surface area contributed by atoms with Gasteiger partial charge in [-0.15, -0.1) is 0 Å². The maximum atomic E-state index is 12.4. The molecule has 0 aromatic rings. The second kappa shape index (κ2) is 6.54. The van der Waals surface area contributed by atoms with Crippen molar-refractivity contribution in [3.63, 3.8) is 0 Å². The van der Waals surface area contributed by atoms with Crippen LogP contribution in [0.4, 0.5) is 0 Å². The Kier molecular flexibility index (Phi) is 4.99. The van der Waals surface area contributed by atoms with E-state index in [1.54, 1.807) is 19.0 Å². The third kappa shape index (κ3) is 3.49. The Morgan fingerprint density at radius 2 is 1.80 bits per heavy atom. The summed E-state index contributed by atoms with van der Waals surface area (Å²) in [4.78, 5) is 29.8. The van der Waals surface area contributed by atoms with E-state index < -0.39 is 0 Å². The maximum absolute atomic E-state index is 12.4. The molecule has 0 unspecified atom stereocenters. The van der Waals surface area contributed by atoms with Gasteiger partial charge in [-0.3, -0.25) is 14.5 Å². The Labute approximate surface area is 121 Å². The molecular formula is C14H26N4O2. The minimum atomic E-state index is 0.124. The molecule has 2 atom stereocenters. The van der Waals surface area contributed by atoms with Gasteiger partial charge in [-0.2, -0.15) is 0 Å². The molecular weight excluding hydrogens is 256 g/mol. The second-order valence-corrected chi connectivity index (χ2v) is 6.13. The molecule has 6 nitrogen and oxygen atoms in total. The zero-order valence-electron chi connectivity index (χ0n) is 12.8. The summed E-state index contributed by atoms with van der Waals surface area (Å²) in [5, 5.41) is 3.28. The Morgan fingerprint density at radius 3 is 2.30 bits per heavy atom. The van der Waals surface area contributed by atoms with E-state index in [0.717, 1.165) is 39.3 Å². The lowest BCUT2D eigenvalue weighted by molar-refractivity contribution is -0.138. The van der Waals surface area contributed by atoms with Crippen LogP contribution in [0.15, 0.2) is 0 Å². The quantitative estimate of drug-likeness (QED) is 0.727. The molecule has 2 saturated heterocycles. The molecule has 2 heterocycles. The van der Waals surface area contributed by atoms with Crippen LogP contribution in [0.25, 0.3) is 0 Å². The van der Waals surface area contributed by atoms with Gasteiger partial charge in [0.15, 0.2) is 0 Å². The molecule has 2 aliphatic rings. The Bertz CT molecular complexity index is 364. The van der Waals surface area contributed by atoms with E-state index in [-0.39, 0.29) is 17.7 Å². The molecule has 0 saturated carbocycles. The van der Waals surface area contributed by atoms with Crippen LogP contribution >= 0.6 is 0 Å². The monoisotopic (exact) mass is 282 g/mol. The van der Waals surface area contributed by atoms with Gasteiger partial charge in [0.2, 0.25) is 11.8 Å². The predicted molar refractivity (Wildman–Crippen MR) is 77.2 cm³/mol. The van der Waals surface area contributed by atoms with Crippen molar-refractivity contribution in [2.45, 2.75) is 6.92 Å².